The zero-order valence-electron chi connectivity index (χ0n) is 16.5. The Morgan fingerprint density at radius 1 is 0.920 bits per heavy atom. The van der Waals surface area contributed by atoms with Crippen LogP contribution in [0.15, 0.2) is 12.7 Å². The minimum Gasteiger partial charge on any atom is -0.481 e. The fourth-order valence-corrected chi connectivity index (χ4v) is 3.15. The molecule has 0 fully saturated rings. The van der Waals surface area contributed by atoms with E-state index in [2.05, 4.69) is 6.58 Å². The number of amides is 1. The summed E-state index contributed by atoms with van der Waals surface area (Å²) in [5.41, 5.74) is 0. The second-order valence-electron chi connectivity index (χ2n) is 6.85. The van der Waals surface area contributed by atoms with Crippen molar-refractivity contribution in [2.75, 3.05) is 13.1 Å². The van der Waals surface area contributed by atoms with Gasteiger partial charge in [0.2, 0.25) is 5.91 Å². The number of unbranched alkanes of at least 4 members (excludes halogenated alkanes) is 9. The quantitative estimate of drug-likeness (QED) is 0.280. The van der Waals surface area contributed by atoms with E-state index in [1.54, 1.807) is 4.90 Å². The van der Waals surface area contributed by atoms with Gasteiger partial charge in [-0.05, 0) is 33.1 Å². The lowest BCUT2D eigenvalue weighted by Crippen LogP contribution is -2.33. The Bertz CT molecular complexity index is 364. The minimum atomic E-state index is -0.833. The highest BCUT2D eigenvalue weighted by atomic mass is 16.4. The lowest BCUT2D eigenvalue weighted by Gasteiger charge is -2.21. The Balaban J connectivity index is 3.75. The molecule has 0 aliphatic rings. The largest absolute Gasteiger partial charge is 0.481 e. The zero-order chi connectivity index (χ0) is 18.9. The first-order chi connectivity index (χ1) is 12.1. The van der Waals surface area contributed by atoms with E-state index < -0.39 is 11.9 Å². The third-order valence-corrected chi connectivity index (χ3v) is 4.85. The predicted octanol–water partition coefficient (Wildman–Crippen LogP) is 5.42. The molecular formula is C21H39NO3. The van der Waals surface area contributed by atoms with E-state index in [0.29, 0.717) is 19.5 Å². The number of carboxylic acids is 1. The van der Waals surface area contributed by atoms with Gasteiger partial charge < -0.3 is 10.0 Å². The van der Waals surface area contributed by atoms with Gasteiger partial charge in [0.05, 0.1) is 5.92 Å². The second kappa shape index (κ2) is 16.2. The van der Waals surface area contributed by atoms with E-state index in [9.17, 15) is 14.7 Å². The number of carboxylic acid groups (broad SMARTS) is 1. The van der Waals surface area contributed by atoms with Crippen molar-refractivity contribution < 1.29 is 14.7 Å². The average molecular weight is 354 g/mol. The lowest BCUT2D eigenvalue weighted by molar-refractivity contribution is -0.146. The fraction of sp³-hybridized carbons (Fsp3) is 0.810. The monoisotopic (exact) mass is 353 g/mol. The maximum absolute atomic E-state index is 12.1. The molecule has 25 heavy (non-hydrogen) atoms. The van der Waals surface area contributed by atoms with Gasteiger partial charge in [0.15, 0.2) is 0 Å². The number of nitrogens with zero attached hydrogens (tertiary/aromatic N) is 1. The average Bonchev–Trinajstić information content (AvgIpc) is 2.59. The van der Waals surface area contributed by atoms with Gasteiger partial charge in [0, 0.05) is 19.5 Å². The van der Waals surface area contributed by atoms with Crippen LogP contribution in [0.2, 0.25) is 0 Å². The van der Waals surface area contributed by atoms with Crippen molar-refractivity contribution in [3.8, 4) is 0 Å². The molecule has 0 bridgehead atoms. The standard InChI is InChI=1S/C21H39NO3/c1-4-7-8-9-10-11-12-13-14-15-16-17-19(21(24)25)18-20(23)22(5-2)6-3/h4,19H,1,5-18H2,2-3H3,(H,24,25). The van der Waals surface area contributed by atoms with Crippen LogP contribution in [0.25, 0.3) is 0 Å². The van der Waals surface area contributed by atoms with Gasteiger partial charge in [-0.15, -0.1) is 6.58 Å². The summed E-state index contributed by atoms with van der Waals surface area (Å²) in [6.45, 7) is 8.89. The molecule has 0 aliphatic carbocycles. The molecule has 4 nitrogen and oxygen atoms in total. The van der Waals surface area contributed by atoms with Crippen molar-refractivity contribution >= 4 is 11.9 Å². The normalized spacial score (nSPS) is 11.9. The van der Waals surface area contributed by atoms with E-state index in [0.717, 1.165) is 19.3 Å². The van der Waals surface area contributed by atoms with Crippen LogP contribution in [-0.2, 0) is 9.59 Å². The van der Waals surface area contributed by atoms with Crippen molar-refractivity contribution in [3.63, 3.8) is 0 Å². The van der Waals surface area contributed by atoms with Gasteiger partial charge in [0.1, 0.15) is 0 Å². The van der Waals surface area contributed by atoms with Crippen molar-refractivity contribution in [1.29, 1.82) is 0 Å². The Morgan fingerprint density at radius 2 is 1.40 bits per heavy atom. The third kappa shape index (κ3) is 12.7. The number of allylic oxidation sites excluding steroid dienone is 1. The molecule has 1 atom stereocenters. The molecule has 0 saturated carbocycles. The van der Waals surface area contributed by atoms with Gasteiger partial charge in [-0.3, -0.25) is 9.59 Å². The molecule has 0 aromatic carbocycles. The first-order valence-electron chi connectivity index (χ1n) is 10.2. The van der Waals surface area contributed by atoms with Crippen LogP contribution >= 0.6 is 0 Å². The first kappa shape index (κ1) is 23.7. The topological polar surface area (TPSA) is 57.6 Å². The van der Waals surface area contributed by atoms with E-state index in [-0.39, 0.29) is 12.3 Å². The molecule has 0 aromatic rings. The predicted molar refractivity (Wildman–Crippen MR) is 105 cm³/mol. The summed E-state index contributed by atoms with van der Waals surface area (Å²) in [5.74, 6) is -1.40. The van der Waals surface area contributed by atoms with Crippen LogP contribution < -0.4 is 0 Å². The maximum atomic E-state index is 12.1. The molecule has 1 N–H and O–H groups in total. The van der Waals surface area contributed by atoms with Crippen LogP contribution in [0.4, 0.5) is 0 Å². The summed E-state index contributed by atoms with van der Waals surface area (Å²) in [5, 5.41) is 9.33. The van der Waals surface area contributed by atoms with Gasteiger partial charge in [0.25, 0.3) is 0 Å². The van der Waals surface area contributed by atoms with E-state index in [4.69, 9.17) is 0 Å². The summed E-state index contributed by atoms with van der Waals surface area (Å²) < 4.78 is 0. The van der Waals surface area contributed by atoms with E-state index >= 15 is 0 Å². The van der Waals surface area contributed by atoms with Crippen LogP contribution in [0, 0.1) is 5.92 Å². The number of carbonyl (C=O) groups is 2. The minimum absolute atomic E-state index is 0.0335. The van der Waals surface area contributed by atoms with Crippen LogP contribution in [0.3, 0.4) is 0 Å². The SMILES string of the molecule is C=CCCCCCCCCCCCC(CC(=O)N(CC)CC)C(=O)O. The van der Waals surface area contributed by atoms with Crippen molar-refractivity contribution in [3.05, 3.63) is 12.7 Å². The molecule has 0 aromatic heterocycles. The summed E-state index contributed by atoms with van der Waals surface area (Å²) in [6, 6.07) is 0. The Morgan fingerprint density at radius 3 is 1.84 bits per heavy atom. The van der Waals surface area contributed by atoms with Crippen molar-refractivity contribution in [1.82, 2.24) is 4.90 Å². The number of hydrogen-bond donors (Lipinski definition) is 1. The Kier molecular flexibility index (Phi) is 15.3. The smallest absolute Gasteiger partial charge is 0.307 e. The molecule has 0 rings (SSSR count). The molecule has 1 unspecified atom stereocenters. The number of rotatable bonds is 17. The van der Waals surface area contributed by atoms with Gasteiger partial charge in [-0.25, -0.2) is 0 Å². The molecule has 1 amide bonds. The van der Waals surface area contributed by atoms with Gasteiger partial charge in [-0.2, -0.15) is 0 Å². The molecular weight excluding hydrogens is 314 g/mol. The maximum Gasteiger partial charge on any atom is 0.307 e. The van der Waals surface area contributed by atoms with Crippen molar-refractivity contribution in [2.24, 2.45) is 5.92 Å². The Hall–Kier alpha value is -1.32. The summed E-state index contributed by atoms with van der Waals surface area (Å²) in [7, 11) is 0. The highest BCUT2D eigenvalue weighted by molar-refractivity contribution is 5.82. The third-order valence-electron chi connectivity index (χ3n) is 4.85. The molecule has 0 aliphatic heterocycles. The summed E-state index contributed by atoms with van der Waals surface area (Å²) in [6.07, 6.45) is 14.7. The number of carbonyl (C=O) groups excluding carboxylic acids is 1. The summed E-state index contributed by atoms with van der Waals surface area (Å²) >= 11 is 0. The molecule has 0 radical (unpaired) electrons. The van der Waals surface area contributed by atoms with Crippen LogP contribution in [-0.4, -0.2) is 35.0 Å². The molecule has 0 heterocycles. The molecule has 4 heteroatoms. The highest BCUT2D eigenvalue weighted by Crippen LogP contribution is 2.17. The van der Waals surface area contributed by atoms with E-state index in [1.807, 2.05) is 19.9 Å². The van der Waals surface area contributed by atoms with E-state index in [1.165, 1.54) is 44.9 Å². The highest BCUT2D eigenvalue weighted by Gasteiger charge is 2.22. The first-order valence-corrected chi connectivity index (χ1v) is 10.2. The molecule has 0 spiro atoms. The summed E-state index contributed by atoms with van der Waals surface area (Å²) in [4.78, 5) is 25.2. The molecule has 146 valence electrons. The van der Waals surface area contributed by atoms with Gasteiger partial charge in [-0.1, -0.05) is 57.4 Å². The lowest BCUT2D eigenvalue weighted by atomic mass is 9.96. The van der Waals surface area contributed by atoms with Crippen molar-refractivity contribution in [2.45, 2.75) is 90.9 Å². The Labute approximate surface area is 154 Å². The number of aliphatic carboxylic acids is 1. The van der Waals surface area contributed by atoms with Crippen LogP contribution in [0.5, 0.6) is 0 Å². The van der Waals surface area contributed by atoms with Gasteiger partial charge >= 0.3 is 5.97 Å². The number of hydrogen-bond acceptors (Lipinski definition) is 2. The molecule has 0 saturated heterocycles. The zero-order valence-corrected chi connectivity index (χ0v) is 16.5. The fourth-order valence-electron chi connectivity index (χ4n) is 3.15. The van der Waals surface area contributed by atoms with Crippen LogP contribution in [0.1, 0.15) is 90.9 Å². The second-order valence-corrected chi connectivity index (χ2v) is 6.85.